The number of carboxylic acid groups (broad SMARTS) is 1. The Morgan fingerprint density at radius 1 is 1.42 bits per heavy atom. The fourth-order valence-electron chi connectivity index (χ4n) is 2.34. The summed E-state index contributed by atoms with van der Waals surface area (Å²) >= 11 is 0. The number of halogens is 2. The van der Waals surface area contributed by atoms with Crippen LogP contribution in [0.2, 0.25) is 0 Å². The van der Waals surface area contributed by atoms with Crippen molar-refractivity contribution < 1.29 is 28.3 Å². The topological polar surface area (TPSA) is 102 Å². The Balaban J connectivity index is 2.93. The second kappa shape index (κ2) is 8.53. The highest BCUT2D eigenvalue weighted by Gasteiger charge is 2.34. The molecule has 24 heavy (non-hydrogen) atoms. The van der Waals surface area contributed by atoms with E-state index in [1.807, 2.05) is 0 Å². The second-order valence-corrected chi connectivity index (χ2v) is 5.32. The molecule has 0 bridgehead atoms. The van der Waals surface area contributed by atoms with Crippen LogP contribution in [0.1, 0.15) is 32.3 Å². The smallest absolute Gasteiger partial charge is 0.387 e. The molecule has 9 heteroatoms. The molecule has 0 unspecified atom stereocenters. The molecule has 0 spiro atoms. The van der Waals surface area contributed by atoms with Gasteiger partial charge in [-0.2, -0.15) is 8.78 Å². The van der Waals surface area contributed by atoms with Crippen molar-refractivity contribution in [1.82, 2.24) is 5.32 Å². The molecule has 7 nitrogen and oxygen atoms in total. The van der Waals surface area contributed by atoms with Crippen molar-refractivity contribution in [3.8, 4) is 5.75 Å². The highest BCUT2D eigenvalue weighted by molar-refractivity contribution is 5.74. The van der Waals surface area contributed by atoms with Gasteiger partial charge in [-0.25, -0.2) is 0 Å². The SMILES string of the molecule is CCC(CC)(CNCc1cc([N+](=O)[O-])ccc1OC(F)F)C(=O)O. The molecule has 2 N–H and O–H groups in total. The van der Waals surface area contributed by atoms with Gasteiger partial charge in [-0.15, -0.1) is 0 Å². The first-order valence-electron chi connectivity index (χ1n) is 7.42. The van der Waals surface area contributed by atoms with Gasteiger partial charge in [0.1, 0.15) is 5.75 Å². The van der Waals surface area contributed by atoms with Gasteiger partial charge in [0.05, 0.1) is 10.3 Å². The van der Waals surface area contributed by atoms with Gasteiger partial charge < -0.3 is 15.2 Å². The van der Waals surface area contributed by atoms with E-state index in [2.05, 4.69) is 10.1 Å². The number of carboxylic acids is 1. The fraction of sp³-hybridized carbons (Fsp3) is 0.533. The summed E-state index contributed by atoms with van der Waals surface area (Å²) in [6.07, 6.45) is 0.780. The van der Waals surface area contributed by atoms with Crippen LogP contribution in [0, 0.1) is 15.5 Å². The van der Waals surface area contributed by atoms with Crippen LogP contribution >= 0.6 is 0 Å². The van der Waals surface area contributed by atoms with Crippen LogP contribution in [0.4, 0.5) is 14.5 Å². The Kier molecular flexibility index (Phi) is 7.02. The van der Waals surface area contributed by atoms with Gasteiger partial charge >= 0.3 is 12.6 Å². The molecule has 0 radical (unpaired) electrons. The van der Waals surface area contributed by atoms with E-state index in [4.69, 9.17) is 0 Å². The van der Waals surface area contributed by atoms with Gasteiger partial charge in [0, 0.05) is 30.8 Å². The molecule has 0 saturated heterocycles. The lowest BCUT2D eigenvalue weighted by Gasteiger charge is -2.27. The minimum Gasteiger partial charge on any atom is -0.481 e. The third-order valence-electron chi connectivity index (χ3n) is 4.06. The number of ether oxygens (including phenoxy) is 1. The van der Waals surface area contributed by atoms with Crippen molar-refractivity contribution in [1.29, 1.82) is 0 Å². The zero-order valence-corrected chi connectivity index (χ0v) is 13.4. The van der Waals surface area contributed by atoms with Crippen molar-refractivity contribution in [2.75, 3.05) is 6.54 Å². The van der Waals surface area contributed by atoms with Crippen LogP contribution in [0.3, 0.4) is 0 Å². The number of nitrogens with zero attached hydrogens (tertiary/aromatic N) is 1. The van der Waals surface area contributed by atoms with Crippen LogP contribution in [0.5, 0.6) is 5.75 Å². The van der Waals surface area contributed by atoms with Gasteiger partial charge in [0.25, 0.3) is 5.69 Å². The molecule has 134 valence electrons. The molecular formula is C15H20F2N2O5. The highest BCUT2D eigenvalue weighted by atomic mass is 19.3. The van der Waals surface area contributed by atoms with Crippen molar-refractivity contribution >= 4 is 11.7 Å². The average molecular weight is 346 g/mol. The van der Waals surface area contributed by atoms with E-state index in [1.54, 1.807) is 13.8 Å². The standard InChI is InChI=1S/C15H20F2N2O5/c1-3-15(4-2,13(20)21)9-18-8-10-7-11(19(22)23)5-6-12(10)24-14(16)17/h5-7,14,18H,3-4,8-9H2,1-2H3,(H,20,21). The van der Waals surface area contributed by atoms with Gasteiger partial charge in [0.2, 0.25) is 0 Å². The Morgan fingerprint density at radius 3 is 2.50 bits per heavy atom. The lowest BCUT2D eigenvalue weighted by molar-refractivity contribution is -0.385. The maximum Gasteiger partial charge on any atom is 0.387 e. The Morgan fingerprint density at radius 2 is 2.04 bits per heavy atom. The van der Waals surface area contributed by atoms with Gasteiger partial charge in [-0.05, 0) is 18.9 Å². The van der Waals surface area contributed by atoms with E-state index in [0.717, 1.165) is 18.2 Å². The summed E-state index contributed by atoms with van der Waals surface area (Å²) in [4.78, 5) is 21.6. The summed E-state index contributed by atoms with van der Waals surface area (Å²) in [5.41, 5.74) is -1.08. The second-order valence-electron chi connectivity index (χ2n) is 5.32. The third kappa shape index (κ3) is 4.85. The molecule has 0 atom stereocenters. The van der Waals surface area contributed by atoms with E-state index in [-0.39, 0.29) is 30.1 Å². The number of rotatable bonds is 10. The largest absolute Gasteiger partial charge is 0.481 e. The molecule has 0 aliphatic heterocycles. The van der Waals surface area contributed by atoms with E-state index in [0.29, 0.717) is 12.8 Å². The van der Waals surface area contributed by atoms with Crippen molar-refractivity contribution in [2.45, 2.75) is 39.8 Å². The summed E-state index contributed by atoms with van der Waals surface area (Å²) in [6.45, 7) is 0.510. The lowest BCUT2D eigenvalue weighted by atomic mass is 9.82. The molecular weight excluding hydrogens is 326 g/mol. The molecule has 1 rings (SSSR count). The molecule has 0 fully saturated rings. The first kappa shape index (κ1) is 19.8. The maximum absolute atomic E-state index is 12.4. The minimum atomic E-state index is -3.06. The van der Waals surface area contributed by atoms with Crippen LogP contribution in [0.15, 0.2) is 18.2 Å². The zero-order chi connectivity index (χ0) is 18.3. The first-order chi connectivity index (χ1) is 11.3. The molecule has 1 aromatic carbocycles. The summed E-state index contributed by atoms with van der Waals surface area (Å²) in [5, 5.41) is 23.1. The van der Waals surface area contributed by atoms with E-state index < -0.39 is 22.9 Å². The normalized spacial score (nSPS) is 11.5. The summed E-state index contributed by atoms with van der Waals surface area (Å²) < 4.78 is 29.2. The monoisotopic (exact) mass is 346 g/mol. The number of carbonyl (C=O) groups is 1. The number of alkyl halides is 2. The number of nitrogens with one attached hydrogen (secondary N) is 1. The van der Waals surface area contributed by atoms with E-state index >= 15 is 0 Å². The third-order valence-corrected chi connectivity index (χ3v) is 4.06. The molecule has 0 saturated carbocycles. The van der Waals surface area contributed by atoms with Crippen LogP contribution in [-0.2, 0) is 11.3 Å². The lowest BCUT2D eigenvalue weighted by Crippen LogP contribution is -2.40. The van der Waals surface area contributed by atoms with Crippen molar-refractivity contribution in [3.05, 3.63) is 33.9 Å². The number of hydrogen-bond acceptors (Lipinski definition) is 5. The molecule has 0 amide bonds. The van der Waals surface area contributed by atoms with E-state index in [9.17, 15) is 28.8 Å². The molecule has 0 heterocycles. The van der Waals surface area contributed by atoms with Crippen LogP contribution < -0.4 is 10.1 Å². The number of benzene rings is 1. The fourth-order valence-corrected chi connectivity index (χ4v) is 2.34. The average Bonchev–Trinajstić information content (AvgIpc) is 2.52. The highest BCUT2D eigenvalue weighted by Crippen LogP contribution is 2.28. The van der Waals surface area contributed by atoms with Crippen molar-refractivity contribution in [3.63, 3.8) is 0 Å². The Hall–Kier alpha value is -2.29. The first-order valence-corrected chi connectivity index (χ1v) is 7.42. The van der Waals surface area contributed by atoms with Crippen molar-refractivity contribution in [2.24, 2.45) is 5.41 Å². The maximum atomic E-state index is 12.4. The number of nitro groups is 1. The number of hydrogen-bond donors (Lipinski definition) is 2. The predicted molar refractivity (Wildman–Crippen MR) is 82.1 cm³/mol. The van der Waals surface area contributed by atoms with Crippen LogP contribution in [-0.4, -0.2) is 29.2 Å². The minimum absolute atomic E-state index is 0.0290. The summed E-state index contributed by atoms with van der Waals surface area (Å²) in [6, 6.07) is 3.30. The number of non-ortho nitro benzene ring substituents is 1. The predicted octanol–water partition coefficient (Wildman–Crippen LogP) is 3.18. The van der Waals surface area contributed by atoms with E-state index in [1.165, 1.54) is 0 Å². The quantitative estimate of drug-likeness (QED) is 0.498. The summed E-state index contributed by atoms with van der Waals surface area (Å²) in [5.74, 6) is -1.14. The van der Waals surface area contributed by atoms with Gasteiger partial charge in [-0.3, -0.25) is 14.9 Å². The molecule has 0 aliphatic carbocycles. The molecule has 0 aromatic heterocycles. The molecule has 1 aromatic rings. The van der Waals surface area contributed by atoms with Gasteiger partial charge in [0.15, 0.2) is 0 Å². The number of nitro benzene ring substituents is 1. The Bertz CT molecular complexity index is 591. The Labute approximate surface area is 137 Å². The molecule has 0 aliphatic rings. The van der Waals surface area contributed by atoms with Gasteiger partial charge in [-0.1, -0.05) is 13.8 Å². The number of aliphatic carboxylic acids is 1. The summed E-state index contributed by atoms with van der Waals surface area (Å²) in [7, 11) is 0. The van der Waals surface area contributed by atoms with Crippen LogP contribution in [0.25, 0.3) is 0 Å². The zero-order valence-electron chi connectivity index (χ0n) is 13.4.